The predicted molar refractivity (Wildman–Crippen MR) is 100 cm³/mol. The quantitative estimate of drug-likeness (QED) is 0.877. The first kappa shape index (κ1) is 17.0. The van der Waals surface area contributed by atoms with Crippen molar-refractivity contribution < 1.29 is 9.59 Å². The zero-order valence-electron chi connectivity index (χ0n) is 14.7. The van der Waals surface area contributed by atoms with E-state index in [4.69, 9.17) is 0 Å². The molecule has 7 heteroatoms. The number of hydrogen-bond donors (Lipinski definition) is 1. The number of thioether (sulfide) groups is 1. The molecule has 1 aromatic heterocycles. The third-order valence-corrected chi connectivity index (χ3v) is 6.17. The standard InChI is InChI=1S/C19H20N4O2S/c1-19(2)18(25)22-15(11-26-19)17(24)23-9-13-8-20-16(21-14(13)10-23)12-6-4-3-5-7-12/h3-8,15H,9-11H2,1-2H3,(H,22,25)/t15-/m1/s1. The molecule has 0 saturated carbocycles. The summed E-state index contributed by atoms with van der Waals surface area (Å²) in [5, 5.41) is 2.86. The van der Waals surface area contributed by atoms with Crippen LogP contribution in [-0.4, -0.2) is 43.2 Å². The molecule has 0 unspecified atom stereocenters. The van der Waals surface area contributed by atoms with Crippen molar-refractivity contribution in [1.82, 2.24) is 20.2 Å². The average molecular weight is 368 g/mol. The molecule has 1 N–H and O–H groups in total. The van der Waals surface area contributed by atoms with Crippen LogP contribution in [0.5, 0.6) is 0 Å². The molecule has 0 bridgehead atoms. The number of hydrogen-bond acceptors (Lipinski definition) is 5. The first-order valence-corrected chi connectivity index (χ1v) is 9.56. The fourth-order valence-electron chi connectivity index (χ4n) is 3.12. The summed E-state index contributed by atoms with van der Waals surface area (Å²) in [6.45, 7) is 4.70. The maximum atomic E-state index is 12.8. The van der Waals surface area contributed by atoms with Crippen LogP contribution in [0.1, 0.15) is 25.1 Å². The fraction of sp³-hybridized carbons (Fsp3) is 0.368. The van der Waals surface area contributed by atoms with Crippen molar-refractivity contribution in [2.75, 3.05) is 5.75 Å². The highest BCUT2D eigenvalue weighted by atomic mass is 32.2. The number of rotatable bonds is 2. The van der Waals surface area contributed by atoms with E-state index in [2.05, 4.69) is 15.3 Å². The molecule has 6 nitrogen and oxygen atoms in total. The Hall–Kier alpha value is -2.41. The second-order valence-corrected chi connectivity index (χ2v) is 8.72. The Balaban J connectivity index is 1.49. The molecule has 2 aromatic rings. The number of benzene rings is 1. The monoisotopic (exact) mass is 368 g/mol. The van der Waals surface area contributed by atoms with E-state index in [9.17, 15) is 9.59 Å². The number of fused-ring (bicyclic) bond motifs is 1. The molecule has 4 rings (SSSR count). The molecular weight excluding hydrogens is 348 g/mol. The first-order chi connectivity index (χ1) is 12.4. The molecule has 0 aliphatic carbocycles. The van der Waals surface area contributed by atoms with Crippen LogP contribution in [0, 0.1) is 0 Å². The van der Waals surface area contributed by atoms with E-state index in [1.165, 1.54) is 11.8 Å². The van der Waals surface area contributed by atoms with Crippen molar-refractivity contribution >= 4 is 23.6 Å². The van der Waals surface area contributed by atoms with Gasteiger partial charge >= 0.3 is 0 Å². The number of nitrogens with one attached hydrogen (secondary N) is 1. The molecule has 1 aromatic carbocycles. The van der Waals surface area contributed by atoms with Gasteiger partial charge in [0.05, 0.1) is 17.0 Å². The van der Waals surface area contributed by atoms with Crippen LogP contribution in [0.4, 0.5) is 0 Å². The molecule has 2 aliphatic heterocycles. The fourth-order valence-corrected chi connectivity index (χ4v) is 4.12. The third kappa shape index (κ3) is 3.07. The van der Waals surface area contributed by atoms with Gasteiger partial charge in [0.1, 0.15) is 6.04 Å². The summed E-state index contributed by atoms with van der Waals surface area (Å²) in [4.78, 5) is 35.8. The molecule has 2 aliphatic rings. The van der Waals surface area contributed by atoms with Gasteiger partial charge in [0.25, 0.3) is 0 Å². The molecule has 0 spiro atoms. The summed E-state index contributed by atoms with van der Waals surface area (Å²) in [7, 11) is 0. The number of carbonyl (C=O) groups excluding carboxylic acids is 2. The second-order valence-electron chi connectivity index (χ2n) is 7.07. The lowest BCUT2D eigenvalue weighted by atomic mass is 10.1. The predicted octanol–water partition coefficient (Wildman–Crippen LogP) is 2.00. The minimum Gasteiger partial charge on any atom is -0.342 e. The first-order valence-electron chi connectivity index (χ1n) is 8.58. The van der Waals surface area contributed by atoms with Crippen molar-refractivity contribution in [2.24, 2.45) is 0 Å². The molecule has 2 amide bonds. The lowest BCUT2D eigenvalue weighted by Crippen LogP contribution is -2.57. The van der Waals surface area contributed by atoms with Gasteiger partial charge in [-0.05, 0) is 13.8 Å². The van der Waals surface area contributed by atoms with Crippen LogP contribution in [0.15, 0.2) is 36.5 Å². The van der Waals surface area contributed by atoms with E-state index in [1.807, 2.05) is 44.2 Å². The molecule has 26 heavy (non-hydrogen) atoms. The van der Waals surface area contributed by atoms with Crippen LogP contribution < -0.4 is 5.32 Å². The third-order valence-electron chi connectivity index (χ3n) is 4.76. The molecule has 1 atom stereocenters. The molecule has 3 heterocycles. The van der Waals surface area contributed by atoms with E-state index in [-0.39, 0.29) is 11.8 Å². The Kier molecular flexibility index (Phi) is 4.19. The summed E-state index contributed by atoms with van der Waals surface area (Å²) in [6.07, 6.45) is 1.80. The molecule has 0 radical (unpaired) electrons. The minimum atomic E-state index is -0.485. The highest BCUT2D eigenvalue weighted by molar-refractivity contribution is 8.01. The number of aromatic nitrogens is 2. The number of amides is 2. The van der Waals surface area contributed by atoms with E-state index < -0.39 is 10.8 Å². The Morgan fingerprint density at radius 2 is 2.04 bits per heavy atom. The molecular formula is C19H20N4O2S. The summed E-state index contributed by atoms with van der Waals surface area (Å²) in [6, 6.07) is 9.32. The van der Waals surface area contributed by atoms with Crippen LogP contribution in [0.2, 0.25) is 0 Å². The SMILES string of the molecule is CC1(C)SC[C@H](C(=O)N2Cc3cnc(-c4ccccc4)nc3C2)NC1=O. The van der Waals surface area contributed by atoms with Crippen molar-refractivity contribution in [2.45, 2.75) is 37.7 Å². The van der Waals surface area contributed by atoms with Crippen LogP contribution in [0.25, 0.3) is 11.4 Å². The van der Waals surface area contributed by atoms with Gasteiger partial charge in [0, 0.05) is 29.6 Å². The van der Waals surface area contributed by atoms with E-state index in [0.717, 1.165) is 16.8 Å². The average Bonchev–Trinajstić information content (AvgIpc) is 3.07. The van der Waals surface area contributed by atoms with Gasteiger partial charge in [-0.15, -0.1) is 11.8 Å². The van der Waals surface area contributed by atoms with Crippen LogP contribution in [0.3, 0.4) is 0 Å². The van der Waals surface area contributed by atoms with Gasteiger partial charge < -0.3 is 10.2 Å². The van der Waals surface area contributed by atoms with Gasteiger partial charge in [-0.25, -0.2) is 9.97 Å². The topological polar surface area (TPSA) is 75.2 Å². The lowest BCUT2D eigenvalue weighted by Gasteiger charge is -2.34. The maximum Gasteiger partial charge on any atom is 0.246 e. The number of carbonyl (C=O) groups is 2. The smallest absolute Gasteiger partial charge is 0.246 e. The van der Waals surface area contributed by atoms with Gasteiger partial charge in [-0.2, -0.15) is 0 Å². The van der Waals surface area contributed by atoms with E-state index in [1.54, 1.807) is 11.1 Å². The van der Waals surface area contributed by atoms with Crippen molar-refractivity contribution in [3.05, 3.63) is 47.8 Å². The zero-order chi connectivity index (χ0) is 18.3. The minimum absolute atomic E-state index is 0.0550. The summed E-state index contributed by atoms with van der Waals surface area (Å²) in [5.41, 5.74) is 2.80. The summed E-state index contributed by atoms with van der Waals surface area (Å²) >= 11 is 1.52. The van der Waals surface area contributed by atoms with E-state index >= 15 is 0 Å². The van der Waals surface area contributed by atoms with Crippen molar-refractivity contribution in [3.8, 4) is 11.4 Å². The van der Waals surface area contributed by atoms with Gasteiger partial charge in [-0.1, -0.05) is 30.3 Å². The lowest BCUT2D eigenvalue weighted by molar-refractivity contribution is -0.137. The summed E-state index contributed by atoms with van der Waals surface area (Å²) in [5.74, 6) is 1.11. The highest BCUT2D eigenvalue weighted by Gasteiger charge is 2.40. The Labute approximate surface area is 156 Å². The Morgan fingerprint density at radius 3 is 2.77 bits per heavy atom. The van der Waals surface area contributed by atoms with Crippen molar-refractivity contribution in [3.63, 3.8) is 0 Å². The highest BCUT2D eigenvalue weighted by Crippen LogP contribution is 2.31. The van der Waals surface area contributed by atoms with Gasteiger partial charge in [0.15, 0.2) is 5.82 Å². The second kappa shape index (κ2) is 6.39. The normalized spacial score (nSPS) is 21.2. The van der Waals surface area contributed by atoms with E-state index in [0.29, 0.717) is 24.7 Å². The van der Waals surface area contributed by atoms with Crippen LogP contribution in [-0.2, 0) is 22.7 Å². The van der Waals surface area contributed by atoms with Gasteiger partial charge in [0.2, 0.25) is 11.8 Å². The Bertz CT molecular complexity index is 869. The zero-order valence-corrected chi connectivity index (χ0v) is 15.5. The molecule has 1 saturated heterocycles. The molecule has 1 fully saturated rings. The van der Waals surface area contributed by atoms with Crippen LogP contribution >= 0.6 is 11.8 Å². The van der Waals surface area contributed by atoms with Crippen molar-refractivity contribution in [1.29, 1.82) is 0 Å². The maximum absolute atomic E-state index is 12.8. The Morgan fingerprint density at radius 1 is 1.27 bits per heavy atom. The number of nitrogens with zero attached hydrogens (tertiary/aromatic N) is 3. The molecule has 134 valence electrons. The van der Waals surface area contributed by atoms with Gasteiger partial charge in [-0.3, -0.25) is 9.59 Å². The summed E-state index contributed by atoms with van der Waals surface area (Å²) < 4.78 is -0.485. The largest absolute Gasteiger partial charge is 0.342 e.